The number of sulfonamides is 1. The number of esters is 1. The number of methoxy groups -OCH3 is 1. The van der Waals surface area contributed by atoms with Crippen molar-refractivity contribution in [2.75, 3.05) is 45.2 Å². The maximum Gasteiger partial charge on any atom is 0.397 e. The lowest BCUT2D eigenvalue weighted by molar-refractivity contribution is -0.151. The minimum absolute atomic E-state index is 0.136. The molecule has 10 heteroatoms. The number of carbonyl (C=O) groups excluding carboxylic acids is 3. The highest BCUT2D eigenvalue weighted by Gasteiger charge is 2.30. The first-order chi connectivity index (χ1) is 18.7. The van der Waals surface area contributed by atoms with E-state index in [0.717, 1.165) is 19.1 Å². The van der Waals surface area contributed by atoms with Crippen LogP contribution in [0, 0.1) is 0 Å². The minimum atomic E-state index is -3.57. The number of para-hydroxylation sites is 1. The van der Waals surface area contributed by atoms with Gasteiger partial charge in [-0.3, -0.25) is 14.5 Å². The van der Waals surface area contributed by atoms with Crippen molar-refractivity contribution in [2.45, 2.75) is 30.6 Å². The molecule has 2 aromatic carbocycles. The molecule has 0 saturated carbocycles. The Bertz CT molecular complexity index is 1390. The minimum Gasteiger partial charge on any atom is -0.462 e. The molecule has 0 unspecified atom stereocenters. The quantitative estimate of drug-likeness (QED) is 0.282. The third-order valence-electron chi connectivity index (χ3n) is 6.91. The first-order valence-electron chi connectivity index (χ1n) is 12.9. The first kappa shape index (κ1) is 28.4. The van der Waals surface area contributed by atoms with E-state index < -0.39 is 21.9 Å². The summed E-state index contributed by atoms with van der Waals surface area (Å²) in [5.41, 5.74) is 1.95. The number of carbonyl (C=O) groups is 3. The van der Waals surface area contributed by atoms with Gasteiger partial charge in [0.15, 0.2) is 5.78 Å². The number of nitrogens with zero attached hydrogens (tertiary/aromatic N) is 3. The molecular formula is C29H33N3O6S. The lowest BCUT2D eigenvalue weighted by Crippen LogP contribution is -2.46. The first-order valence-corrected chi connectivity index (χ1v) is 14.4. The molecule has 1 aliphatic carbocycles. The van der Waals surface area contributed by atoms with Crippen LogP contribution in [0.15, 0.2) is 77.4 Å². The fourth-order valence-corrected chi connectivity index (χ4v) is 6.03. The predicted octanol–water partition coefficient (Wildman–Crippen LogP) is 3.18. The summed E-state index contributed by atoms with van der Waals surface area (Å²) in [7, 11) is -0.456. The average Bonchev–Trinajstić information content (AvgIpc) is 2.97. The Labute approximate surface area is 229 Å². The molecule has 0 radical (unpaired) electrons. The summed E-state index contributed by atoms with van der Waals surface area (Å²) in [4.78, 5) is 42.1. The summed E-state index contributed by atoms with van der Waals surface area (Å²) in [6, 6.07) is 13.3. The number of rotatable bonds is 8. The molecule has 1 amide bonds. The Morgan fingerprint density at radius 3 is 2.28 bits per heavy atom. The summed E-state index contributed by atoms with van der Waals surface area (Å²) in [5, 5.41) is 0. The number of piperazine rings is 1. The molecule has 1 heterocycles. The largest absolute Gasteiger partial charge is 0.462 e. The highest BCUT2D eigenvalue weighted by Crippen LogP contribution is 2.29. The number of hydrogen-bond donors (Lipinski definition) is 0. The van der Waals surface area contributed by atoms with Crippen LogP contribution < -0.4 is 4.90 Å². The van der Waals surface area contributed by atoms with Crippen molar-refractivity contribution in [2.24, 2.45) is 0 Å². The van der Waals surface area contributed by atoms with Crippen molar-refractivity contribution in [3.8, 4) is 0 Å². The van der Waals surface area contributed by atoms with Crippen LogP contribution in [0.2, 0.25) is 0 Å². The summed E-state index contributed by atoms with van der Waals surface area (Å²) >= 11 is 0. The Kier molecular flexibility index (Phi) is 9.11. The Morgan fingerprint density at radius 1 is 0.949 bits per heavy atom. The van der Waals surface area contributed by atoms with Crippen LogP contribution in [0.5, 0.6) is 0 Å². The molecule has 1 aliphatic heterocycles. The van der Waals surface area contributed by atoms with Crippen molar-refractivity contribution in [3.05, 3.63) is 83.6 Å². The van der Waals surface area contributed by atoms with Gasteiger partial charge in [0.1, 0.15) is 0 Å². The standard InChI is InChI=1S/C29H33N3O6S/c1-30-18-20-31(21-19-30)39(36,37)24-15-12-22(13-16-24)14-17-27(33)25-10-6-7-11-26(25)32(28(34)29(35)38-2)23-8-4-3-5-9-23/h4,6-13,15-16H,3,5,14,17-21H2,1-2H3. The predicted molar refractivity (Wildman–Crippen MR) is 148 cm³/mol. The number of aryl methyl sites for hydroxylation is 1. The van der Waals surface area contributed by atoms with E-state index in [2.05, 4.69) is 9.64 Å². The molecule has 9 nitrogen and oxygen atoms in total. The summed E-state index contributed by atoms with van der Waals surface area (Å²) in [6.07, 6.45) is 7.55. The number of benzene rings is 2. The van der Waals surface area contributed by atoms with Gasteiger partial charge in [0, 0.05) is 43.9 Å². The second-order valence-electron chi connectivity index (χ2n) is 9.53. The number of anilines is 1. The second kappa shape index (κ2) is 12.5. The third kappa shape index (κ3) is 6.52. The van der Waals surface area contributed by atoms with Gasteiger partial charge in [0.25, 0.3) is 0 Å². The van der Waals surface area contributed by atoms with Crippen molar-refractivity contribution < 1.29 is 27.5 Å². The number of ether oxygens (including phenoxy) is 1. The van der Waals surface area contributed by atoms with Crippen molar-refractivity contribution in [1.82, 2.24) is 9.21 Å². The molecule has 0 bridgehead atoms. The van der Waals surface area contributed by atoms with E-state index >= 15 is 0 Å². The van der Waals surface area contributed by atoms with E-state index in [1.54, 1.807) is 54.6 Å². The number of amides is 1. The zero-order chi connectivity index (χ0) is 28.0. The van der Waals surface area contributed by atoms with Crippen molar-refractivity contribution in [1.29, 1.82) is 0 Å². The number of hydrogen-bond acceptors (Lipinski definition) is 7. The van der Waals surface area contributed by atoms with Crippen LogP contribution in [0.4, 0.5) is 5.69 Å². The van der Waals surface area contributed by atoms with Crippen molar-refractivity contribution in [3.63, 3.8) is 0 Å². The van der Waals surface area contributed by atoms with Gasteiger partial charge in [0.2, 0.25) is 10.0 Å². The molecule has 2 aromatic rings. The highest BCUT2D eigenvalue weighted by molar-refractivity contribution is 7.89. The average molecular weight is 552 g/mol. The van der Waals surface area contributed by atoms with Gasteiger partial charge in [-0.25, -0.2) is 13.2 Å². The van der Waals surface area contributed by atoms with Crippen molar-refractivity contribution >= 4 is 33.4 Å². The second-order valence-corrected chi connectivity index (χ2v) is 11.5. The molecule has 2 aliphatic rings. The number of likely N-dealkylation sites (N-methyl/N-ethyl adjacent to an activating group) is 1. The van der Waals surface area contributed by atoms with Gasteiger partial charge in [0.05, 0.1) is 17.7 Å². The topological polar surface area (TPSA) is 104 Å². The number of ketones is 1. The normalized spacial score (nSPS) is 16.4. The van der Waals surface area contributed by atoms with Gasteiger partial charge >= 0.3 is 11.9 Å². The maximum atomic E-state index is 13.3. The third-order valence-corrected chi connectivity index (χ3v) is 8.82. The monoisotopic (exact) mass is 551 g/mol. The van der Waals surface area contributed by atoms with Crippen LogP contribution in [0.25, 0.3) is 0 Å². The summed E-state index contributed by atoms with van der Waals surface area (Å²) < 4.78 is 32.2. The Morgan fingerprint density at radius 2 is 1.64 bits per heavy atom. The number of Topliss-reactive ketones (excluding diaryl/α,β-unsaturated/α-hetero) is 1. The van der Waals surface area contributed by atoms with Crippen LogP contribution in [0.3, 0.4) is 0 Å². The zero-order valence-corrected chi connectivity index (χ0v) is 23.0. The lowest BCUT2D eigenvalue weighted by atomic mass is 10.00. The van der Waals surface area contributed by atoms with Crippen LogP contribution >= 0.6 is 0 Å². The zero-order valence-electron chi connectivity index (χ0n) is 22.2. The van der Waals surface area contributed by atoms with Crippen LogP contribution in [0.1, 0.15) is 35.2 Å². The molecule has 0 N–H and O–H groups in total. The summed E-state index contributed by atoms with van der Waals surface area (Å²) in [5.74, 6) is -2.11. The van der Waals surface area contributed by atoms with Gasteiger partial charge in [-0.2, -0.15) is 4.31 Å². The summed E-state index contributed by atoms with van der Waals surface area (Å²) in [6.45, 7) is 2.29. The van der Waals surface area contributed by atoms with Gasteiger partial charge in [-0.15, -0.1) is 0 Å². The van der Waals surface area contributed by atoms with E-state index in [9.17, 15) is 22.8 Å². The van der Waals surface area contributed by atoms with Gasteiger partial charge in [-0.1, -0.05) is 36.4 Å². The lowest BCUT2D eigenvalue weighted by Gasteiger charge is -2.31. The van der Waals surface area contributed by atoms with Gasteiger partial charge in [-0.05, 0) is 62.2 Å². The van der Waals surface area contributed by atoms with Crippen LogP contribution in [-0.2, 0) is 30.8 Å². The molecule has 0 spiro atoms. The smallest absolute Gasteiger partial charge is 0.397 e. The molecule has 206 valence electrons. The fraction of sp³-hybridized carbons (Fsp3) is 0.345. The van der Waals surface area contributed by atoms with Crippen LogP contribution in [-0.4, -0.2) is 75.6 Å². The molecule has 1 fully saturated rings. The molecular weight excluding hydrogens is 518 g/mol. The highest BCUT2D eigenvalue weighted by atomic mass is 32.2. The van der Waals surface area contributed by atoms with E-state index in [0.29, 0.717) is 56.0 Å². The molecule has 1 saturated heterocycles. The fourth-order valence-electron chi connectivity index (χ4n) is 4.61. The molecule has 0 atom stereocenters. The number of allylic oxidation sites excluding steroid dienone is 3. The molecule has 4 rings (SSSR count). The van der Waals surface area contributed by atoms with E-state index in [-0.39, 0.29) is 17.1 Å². The molecule has 0 aromatic heterocycles. The Balaban J connectivity index is 1.50. The van der Waals surface area contributed by atoms with Gasteiger partial charge < -0.3 is 9.64 Å². The van der Waals surface area contributed by atoms with E-state index in [1.807, 2.05) is 19.2 Å². The van der Waals surface area contributed by atoms with E-state index in [4.69, 9.17) is 0 Å². The van der Waals surface area contributed by atoms with E-state index in [1.165, 1.54) is 9.21 Å². The molecule has 39 heavy (non-hydrogen) atoms. The maximum absolute atomic E-state index is 13.3. The Hall–Kier alpha value is -3.60. The SMILES string of the molecule is COC(=O)C(=O)N(C1=CCCC=C1)c1ccccc1C(=O)CCc1ccc(S(=O)(=O)N2CCN(C)CC2)cc1.